The third kappa shape index (κ3) is 4.60. The number of rotatable bonds is 6. The zero-order valence-corrected chi connectivity index (χ0v) is 13.2. The normalized spacial score (nSPS) is 22.0. The van der Waals surface area contributed by atoms with Crippen LogP contribution in [0.15, 0.2) is 0 Å². The molecule has 0 amide bonds. The lowest BCUT2D eigenvalue weighted by molar-refractivity contribution is 0.158. The SMILES string of the molecule is COCCN(C(=S)NC1CCCCC1)C(C)C1CC1. The maximum atomic E-state index is 5.65. The Morgan fingerprint density at radius 2 is 1.95 bits per heavy atom. The van der Waals surface area contributed by atoms with E-state index in [4.69, 9.17) is 17.0 Å². The molecule has 1 N–H and O–H groups in total. The molecule has 0 bridgehead atoms. The van der Waals surface area contributed by atoms with Gasteiger partial charge >= 0.3 is 0 Å². The summed E-state index contributed by atoms with van der Waals surface area (Å²) < 4.78 is 5.23. The lowest BCUT2D eigenvalue weighted by Crippen LogP contribution is -2.50. The number of methoxy groups -OCH3 is 1. The molecule has 2 aliphatic carbocycles. The standard InChI is InChI=1S/C15H28N2OS/c1-12(13-8-9-13)17(10-11-18-2)15(19)16-14-6-4-3-5-7-14/h12-14H,3-11H2,1-2H3,(H,16,19). The van der Waals surface area contributed by atoms with Gasteiger partial charge in [0.25, 0.3) is 0 Å². The van der Waals surface area contributed by atoms with Crippen LogP contribution >= 0.6 is 12.2 Å². The molecule has 4 heteroatoms. The molecule has 19 heavy (non-hydrogen) atoms. The smallest absolute Gasteiger partial charge is 0.169 e. The van der Waals surface area contributed by atoms with Crippen molar-refractivity contribution in [1.82, 2.24) is 10.2 Å². The van der Waals surface area contributed by atoms with Crippen molar-refractivity contribution in [2.24, 2.45) is 5.92 Å². The van der Waals surface area contributed by atoms with E-state index in [2.05, 4.69) is 17.1 Å². The van der Waals surface area contributed by atoms with Gasteiger partial charge in [0.15, 0.2) is 5.11 Å². The zero-order valence-electron chi connectivity index (χ0n) is 12.4. The Kier molecular flexibility index (Phi) is 5.89. The lowest BCUT2D eigenvalue weighted by atomic mass is 9.96. The molecule has 0 heterocycles. The van der Waals surface area contributed by atoms with E-state index in [9.17, 15) is 0 Å². The van der Waals surface area contributed by atoms with E-state index >= 15 is 0 Å². The quantitative estimate of drug-likeness (QED) is 0.758. The zero-order chi connectivity index (χ0) is 13.7. The molecule has 0 aliphatic heterocycles. The Morgan fingerprint density at radius 1 is 1.26 bits per heavy atom. The average Bonchev–Trinajstić information content (AvgIpc) is 3.24. The van der Waals surface area contributed by atoms with Crippen molar-refractivity contribution in [3.8, 4) is 0 Å². The maximum Gasteiger partial charge on any atom is 0.169 e. The van der Waals surface area contributed by atoms with E-state index in [1.807, 2.05) is 0 Å². The van der Waals surface area contributed by atoms with E-state index in [1.165, 1.54) is 44.9 Å². The van der Waals surface area contributed by atoms with E-state index < -0.39 is 0 Å². The summed E-state index contributed by atoms with van der Waals surface area (Å²) in [7, 11) is 1.76. The topological polar surface area (TPSA) is 24.5 Å². The Bertz CT molecular complexity index is 288. The molecule has 2 rings (SSSR count). The number of nitrogens with one attached hydrogen (secondary N) is 1. The van der Waals surface area contributed by atoms with Crippen LogP contribution in [0.3, 0.4) is 0 Å². The highest BCUT2D eigenvalue weighted by molar-refractivity contribution is 7.80. The number of thiocarbonyl (C=S) groups is 1. The highest BCUT2D eigenvalue weighted by atomic mass is 32.1. The van der Waals surface area contributed by atoms with Gasteiger partial charge in [-0.3, -0.25) is 0 Å². The van der Waals surface area contributed by atoms with Crippen molar-refractivity contribution in [1.29, 1.82) is 0 Å². The van der Waals surface area contributed by atoms with Crippen LogP contribution in [0.5, 0.6) is 0 Å². The minimum atomic E-state index is 0.554. The highest BCUT2D eigenvalue weighted by Crippen LogP contribution is 2.35. The molecule has 0 radical (unpaired) electrons. The Morgan fingerprint density at radius 3 is 2.53 bits per heavy atom. The van der Waals surface area contributed by atoms with Crippen molar-refractivity contribution in [2.75, 3.05) is 20.3 Å². The third-order valence-electron chi connectivity index (χ3n) is 4.53. The van der Waals surface area contributed by atoms with Crippen LogP contribution in [0.4, 0.5) is 0 Å². The molecule has 2 aliphatic rings. The molecule has 0 spiro atoms. The molecule has 2 saturated carbocycles. The second-order valence-electron chi connectivity index (χ2n) is 6.05. The highest BCUT2D eigenvalue weighted by Gasteiger charge is 2.33. The fourth-order valence-corrected chi connectivity index (χ4v) is 3.44. The van der Waals surface area contributed by atoms with Crippen LogP contribution in [0.2, 0.25) is 0 Å². The molecule has 3 nitrogen and oxygen atoms in total. The predicted molar refractivity (Wildman–Crippen MR) is 83.4 cm³/mol. The molecular weight excluding hydrogens is 256 g/mol. The second-order valence-corrected chi connectivity index (χ2v) is 6.44. The summed E-state index contributed by atoms with van der Waals surface area (Å²) in [6.07, 6.45) is 9.34. The fourth-order valence-electron chi connectivity index (χ4n) is 3.02. The third-order valence-corrected chi connectivity index (χ3v) is 4.88. The first-order valence-corrected chi connectivity index (χ1v) is 8.19. The Hall–Kier alpha value is -0.350. The monoisotopic (exact) mass is 284 g/mol. The van der Waals surface area contributed by atoms with Crippen LogP contribution in [-0.4, -0.2) is 42.4 Å². The van der Waals surface area contributed by atoms with Gasteiger partial charge in [-0.25, -0.2) is 0 Å². The first-order valence-electron chi connectivity index (χ1n) is 7.78. The van der Waals surface area contributed by atoms with E-state index in [1.54, 1.807) is 7.11 Å². The van der Waals surface area contributed by atoms with Crippen LogP contribution in [-0.2, 0) is 4.74 Å². The van der Waals surface area contributed by atoms with Gasteiger partial charge in [-0.2, -0.15) is 0 Å². The molecule has 1 atom stereocenters. The molecule has 1 unspecified atom stereocenters. The van der Waals surface area contributed by atoms with Gasteiger partial charge in [0.2, 0.25) is 0 Å². The van der Waals surface area contributed by atoms with E-state index in [0.29, 0.717) is 12.1 Å². The second kappa shape index (κ2) is 7.44. The summed E-state index contributed by atoms with van der Waals surface area (Å²) in [5.74, 6) is 0.836. The van der Waals surface area contributed by atoms with Gasteiger partial charge in [0.1, 0.15) is 0 Å². The van der Waals surface area contributed by atoms with Crippen molar-refractivity contribution in [2.45, 2.75) is 64.0 Å². The summed E-state index contributed by atoms with van der Waals surface area (Å²) in [6, 6.07) is 1.15. The lowest BCUT2D eigenvalue weighted by Gasteiger charge is -2.34. The van der Waals surface area contributed by atoms with Crippen molar-refractivity contribution in [3.63, 3.8) is 0 Å². The molecule has 0 aromatic rings. The summed E-state index contributed by atoms with van der Waals surface area (Å²) in [4.78, 5) is 2.35. The number of ether oxygens (including phenoxy) is 1. The summed E-state index contributed by atoms with van der Waals surface area (Å²) in [6.45, 7) is 3.97. The van der Waals surface area contributed by atoms with Crippen LogP contribution in [0.25, 0.3) is 0 Å². The molecule has 110 valence electrons. The summed E-state index contributed by atoms with van der Waals surface area (Å²) >= 11 is 5.65. The Balaban J connectivity index is 1.85. The molecule has 0 aromatic heterocycles. The van der Waals surface area contributed by atoms with Gasteiger partial charge in [-0.05, 0) is 50.7 Å². The molecule has 0 aromatic carbocycles. The minimum absolute atomic E-state index is 0.554. The van der Waals surface area contributed by atoms with Gasteiger partial charge in [0, 0.05) is 25.7 Å². The van der Waals surface area contributed by atoms with Gasteiger partial charge in [-0.15, -0.1) is 0 Å². The van der Waals surface area contributed by atoms with Gasteiger partial charge in [-0.1, -0.05) is 19.3 Å². The average molecular weight is 284 g/mol. The van der Waals surface area contributed by atoms with E-state index in [-0.39, 0.29) is 0 Å². The van der Waals surface area contributed by atoms with Crippen molar-refractivity contribution in [3.05, 3.63) is 0 Å². The van der Waals surface area contributed by atoms with Gasteiger partial charge < -0.3 is 15.0 Å². The minimum Gasteiger partial charge on any atom is -0.383 e. The number of nitrogens with zero attached hydrogens (tertiary/aromatic N) is 1. The van der Waals surface area contributed by atoms with Crippen LogP contribution in [0.1, 0.15) is 51.9 Å². The number of hydrogen-bond acceptors (Lipinski definition) is 2. The first-order chi connectivity index (χ1) is 9.22. The first kappa shape index (κ1) is 15.0. The molecule has 0 saturated heterocycles. The summed E-state index contributed by atoms with van der Waals surface area (Å²) in [5.41, 5.74) is 0. The number of hydrogen-bond donors (Lipinski definition) is 1. The van der Waals surface area contributed by atoms with Crippen molar-refractivity contribution >= 4 is 17.3 Å². The Labute approximate surface area is 123 Å². The van der Waals surface area contributed by atoms with Crippen LogP contribution in [0, 0.1) is 5.92 Å². The molecular formula is C15H28N2OS. The van der Waals surface area contributed by atoms with Crippen LogP contribution < -0.4 is 5.32 Å². The largest absolute Gasteiger partial charge is 0.383 e. The van der Waals surface area contributed by atoms with Gasteiger partial charge in [0.05, 0.1) is 6.61 Å². The predicted octanol–water partition coefficient (Wildman–Crippen LogP) is 2.94. The van der Waals surface area contributed by atoms with E-state index in [0.717, 1.165) is 24.2 Å². The molecule has 2 fully saturated rings. The van der Waals surface area contributed by atoms with Crippen molar-refractivity contribution < 1.29 is 4.74 Å². The summed E-state index contributed by atoms with van der Waals surface area (Å²) in [5, 5.41) is 4.54. The maximum absolute atomic E-state index is 5.65. The fraction of sp³-hybridized carbons (Fsp3) is 0.933.